The van der Waals surface area contributed by atoms with E-state index in [1.54, 1.807) is 0 Å². The van der Waals surface area contributed by atoms with Crippen LogP contribution in [0.15, 0.2) is 36.4 Å². The van der Waals surface area contributed by atoms with Crippen LogP contribution in [0.4, 0.5) is 0 Å². The second-order valence-electron chi connectivity index (χ2n) is 6.26. The normalized spacial score (nSPS) is 11.6. The van der Waals surface area contributed by atoms with Gasteiger partial charge in [-0.15, -0.1) is 11.3 Å². The molecular formula is C18H25NOS. The summed E-state index contributed by atoms with van der Waals surface area (Å²) in [6.45, 7) is 10.2. The van der Waals surface area contributed by atoms with Crippen molar-refractivity contribution in [2.24, 2.45) is 0 Å². The van der Waals surface area contributed by atoms with Gasteiger partial charge in [-0.2, -0.15) is 0 Å². The Kier molecular flexibility index (Phi) is 5.43. The van der Waals surface area contributed by atoms with Crippen LogP contribution in [0.3, 0.4) is 0 Å². The lowest BCUT2D eigenvalue weighted by atomic mass is 10.1. The fraction of sp³-hybridized carbons (Fsp3) is 0.444. The highest BCUT2D eigenvalue weighted by molar-refractivity contribution is 7.11. The van der Waals surface area contributed by atoms with Crippen LogP contribution in [0.1, 0.15) is 43.0 Å². The van der Waals surface area contributed by atoms with Gasteiger partial charge in [0, 0.05) is 21.8 Å². The summed E-state index contributed by atoms with van der Waals surface area (Å²) in [4.78, 5) is 2.70. The van der Waals surface area contributed by atoms with E-state index < -0.39 is 0 Å². The van der Waals surface area contributed by atoms with Crippen molar-refractivity contribution in [3.05, 3.63) is 51.7 Å². The van der Waals surface area contributed by atoms with Crippen molar-refractivity contribution < 1.29 is 4.74 Å². The third kappa shape index (κ3) is 5.52. The van der Waals surface area contributed by atoms with Gasteiger partial charge < -0.3 is 10.1 Å². The summed E-state index contributed by atoms with van der Waals surface area (Å²) in [6.07, 6.45) is 1.10. The molecule has 0 aliphatic rings. The molecule has 1 aromatic carbocycles. The zero-order valence-electron chi connectivity index (χ0n) is 13.4. The Balaban J connectivity index is 1.91. The first-order chi connectivity index (χ1) is 9.96. The molecule has 3 heteroatoms. The van der Waals surface area contributed by atoms with Crippen molar-refractivity contribution in [1.29, 1.82) is 0 Å². The lowest BCUT2D eigenvalue weighted by Gasteiger charge is -2.20. The largest absolute Gasteiger partial charge is 0.488 e. The van der Waals surface area contributed by atoms with Gasteiger partial charge in [-0.3, -0.25) is 0 Å². The van der Waals surface area contributed by atoms with Crippen molar-refractivity contribution in [3.63, 3.8) is 0 Å². The average molecular weight is 303 g/mol. The predicted octanol–water partition coefficient (Wildman–Crippen LogP) is 4.78. The summed E-state index contributed by atoms with van der Waals surface area (Å²) >= 11 is 1.83. The molecule has 0 bridgehead atoms. The highest BCUT2D eigenvalue weighted by Gasteiger charge is 2.08. The van der Waals surface area contributed by atoms with Crippen molar-refractivity contribution in [2.45, 2.75) is 52.8 Å². The first-order valence-corrected chi connectivity index (χ1v) is 8.32. The quantitative estimate of drug-likeness (QED) is 0.829. The zero-order valence-corrected chi connectivity index (χ0v) is 14.2. The van der Waals surface area contributed by atoms with E-state index in [2.05, 4.69) is 63.3 Å². The number of rotatable bonds is 6. The molecule has 1 heterocycles. The Hall–Kier alpha value is -1.32. The third-order valence-electron chi connectivity index (χ3n) is 3.17. The molecule has 0 radical (unpaired) electrons. The molecule has 0 saturated heterocycles. The highest BCUT2D eigenvalue weighted by Crippen LogP contribution is 2.20. The SMILES string of the molecule is CCc1ccc(COc2cccc(CNC(C)(C)C)c2)s1. The molecule has 0 aliphatic heterocycles. The molecule has 2 aromatic rings. The molecule has 0 saturated carbocycles. The summed E-state index contributed by atoms with van der Waals surface area (Å²) in [5.74, 6) is 0.939. The van der Waals surface area contributed by atoms with Crippen LogP contribution in [0.5, 0.6) is 5.75 Å². The van der Waals surface area contributed by atoms with E-state index in [0.717, 1.165) is 18.7 Å². The molecule has 2 nitrogen and oxygen atoms in total. The molecule has 0 atom stereocenters. The lowest BCUT2D eigenvalue weighted by molar-refractivity contribution is 0.309. The first kappa shape index (κ1) is 16.1. The molecule has 114 valence electrons. The van der Waals surface area contributed by atoms with Gasteiger partial charge in [0.2, 0.25) is 0 Å². The van der Waals surface area contributed by atoms with Crippen molar-refractivity contribution in [1.82, 2.24) is 5.32 Å². The second-order valence-corrected chi connectivity index (χ2v) is 7.51. The van der Waals surface area contributed by atoms with Crippen LogP contribution in [0.2, 0.25) is 0 Å². The number of aryl methyl sites for hydroxylation is 1. The summed E-state index contributed by atoms with van der Waals surface area (Å²) in [5, 5.41) is 3.50. The molecule has 2 rings (SSSR count). The molecule has 0 unspecified atom stereocenters. The van der Waals surface area contributed by atoms with Crippen LogP contribution in [0.25, 0.3) is 0 Å². The van der Waals surface area contributed by atoms with E-state index >= 15 is 0 Å². The van der Waals surface area contributed by atoms with Gasteiger partial charge in [0.05, 0.1) is 0 Å². The maximum atomic E-state index is 5.91. The minimum Gasteiger partial charge on any atom is -0.488 e. The zero-order chi connectivity index (χ0) is 15.3. The topological polar surface area (TPSA) is 21.3 Å². The van der Waals surface area contributed by atoms with Gasteiger partial charge in [-0.1, -0.05) is 19.1 Å². The molecule has 0 amide bonds. The predicted molar refractivity (Wildman–Crippen MR) is 91.1 cm³/mol. The summed E-state index contributed by atoms with van der Waals surface area (Å²) in [5.41, 5.74) is 1.38. The van der Waals surface area contributed by atoms with Crippen LogP contribution < -0.4 is 10.1 Å². The first-order valence-electron chi connectivity index (χ1n) is 7.50. The average Bonchev–Trinajstić information content (AvgIpc) is 2.91. The van der Waals surface area contributed by atoms with E-state index in [-0.39, 0.29) is 5.54 Å². The molecule has 0 spiro atoms. The van der Waals surface area contributed by atoms with Gasteiger partial charge in [0.25, 0.3) is 0 Å². The van der Waals surface area contributed by atoms with Gasteiger partial charge in [-0.05, 0) is 57.0 Å². The third-order valence-corrected chi connectivity index (χ3v) is 4.37. The Labute approximate surface area is 132 Å². The van der Waals surface area contributed by atoms with Gasteiger partial charge in [0.15, 0.2) is 0 Å². The van der Waals surface area contributed by atoms with Gasteiger partial charge in [-0.25, -0.2) is 0 Å². The number of hydrogen-bond donors (Lipinski definition) is 1. The number of hydrogen-bond acceptors (Lipinski definition) is 3. The van der Waals surface area contributed by atoms with E-state index in [0.29, 0.717) is 6.61 Å². The van der Waals surface area contributed by atoms with Gasteiger partial charge in [0.1, 0.15) is 12.4 Å². The Morgan fingerprint density at radius 3 is 2.52 bits per heavy atom. The van der Waals surface area contributed by atoms with Crippen LogP contribution in [-0.4, -0.2) is 5.54 Å². The van der Waals surface area contributed by atoms with Gasteiger partial charge >= 0.3 is 0 Å². The minimum absolute atomic E-state index is 0.129. The maximum Gasteiger partial charge on any atom is 0.122 e. The Morgan fingerprint density at radius 1 is 1.10 bits per heavy atom. The molecule has 21 heavy (non-hydrogen) atoms. The molecule has 0 fully saturated rings. The Bertz CT molecular complexity index is 569. The number of ether oxygens (including phenoxy) is 1. The Morgan fingerprint density at radius 2 is 1.86 bits per heavy atom. The van der Waals surface area contributed by atoms with Crippen molar-refractivity contribution >= 4 is 11.3 Å². The minimum atomic E-state index is 0.129. The van der Waals surface area contributed by atoms with Crippen molar-refractivity contribution in [2.75, 3.05) is 0 Å². The van der Waals surface area contributed by atoms with E-state index in [4.69, 9.17) is 4.74 Å². The highest BCUT2D eigenvalue weighted by atomic mass is 32.1. The fourth-order valence-electron chi connectivity index (χ4n) is 1.96. The number of thiophene rings is 1. The van der Waals surface area contributed by atoms with Crippen LogP contribution >= 0.6 is 11.3 Å². The monoisotopic (exact) mass is 303 g/mol. The molecule has 1 N–H and O–H groups in total. The smallest absolute Gasteiger partial charge is 0.122 e. The number of nitrogens with one attached hydrogen (secondary N) is 1. The van der Waals surface area contributed by atoms with Crippen LogP contribution in [-0.2, 0) is 19.6 Å². The van der Waals surface area contributed by atoms with Crippen LogP contribution in [0, 0.1) is 0 Å². The number of benzene rings is 1. The second kappa shape index (κ2) is 7.10. The molecular weight excluding hydrogens is 278 g/mol. The maximum absolute atomic E-state index is 5.91. The van der Waals surface area contributed by atoms with E-state index in [1.807, 2.05) is 17.4 Å². The van der Waals surface area contributed by atoms with E-state index in [1.165, 1.54) is 15.3 Å². The fourth-order valence-corrected chi connectivity index (χ4v) is 2.83. The molecule has 0 aliphatic carbocycles. The molecule has 1 aromatic heterocycles. The lowest BCUT2D eigenvalue weighted by Crippen LogP contribution is -2.35. The summed E-state index contributed by atoms with van der Waals surface area (Å²) in [7, 11) is 0. The standard InChI is InChI=1S/C18H25NOS/c1-5-16-9-10-17(21-16)13-20-15-8-6-7-14(11-15)12-19-18(2,3)4/h6-11,19H,5,12-13H2,1-4H3. The summed E-state index contributed by atoms with van der Waals surface area (Å²) in [6, 6.07) is 12.7. The van der Waals surface area contributed by atoms with Crippen molar-refractivity contribution in [3.8, 4) is 5.75 Å². The van der Waals surface area contributed by atoms with E-state index in [9.17, 15) is 0 Å². The summed E-state index contributed by atoms with van der Waals surface area (Å²) < 4.78 is 5.91.